The van der Waals surface area contributed by atoms with Gasteiger partial charge in [-0.2, -0.15) is 13.1 Å². The van der Waals surface area contributed by atoms with Gasteiger partial charge >= 0.3 is 6.61 Å². The molecule has 0 unspecified atom stereocenters. The summed E-state index contributed by atoms with van der Waals surface area (Å²) in [5.41, 5.74) is 0.477. The van der Waals surface area contributed by atoms with Crippen molar-refractivity contribution in [3.8, 4) is 5.75 Å². The maximum Gasteiger partial charge on any atom is 0.387 e. The molecule has 11 heteroatoms. The average Bonchev–Trinajstić information content (AvgIpc) is 2.70. The first-order valence-electron chi connectivity index (χ1n) is 8.51. The summed E-state index contributed by atoms with van der Waals surface area (Å²) < 4.78 is 61.3. The molecule has 156 valence electrons. The molecule has 1 heterocycles. The molecule has 2 aromatic carbocycles. The Morgan fingerprint density at radius 2 is 1.79 bits per heavy atom. The van der Waals surface area contributed by atoms with Gasteiger partial charge in [-0.25, -0.2) is 8.42 Å². The van der Waals surface area contributed by atoms with Gasteiger partial charge in [0.25, 0.3) is 5.91 Å². The van der Waals surface area contributed by atoms with E-state index in [-0.39, 0.29) is 29.3 Å². The molecule has 1 aliphatic heterocycles. The lowest BCUT2D eigenvalue weighted by molar-refractivity contribution is -0.0498. The second-order valence-corrected chi connectivity index (χ2v) is 8.78. The molecule has 1 N–H and O–H groups in total. The number of rotatable bonds is 6. The summed E-state index contributed by atoms with van der Waals surface area (Å²) in [4.78, 5) is 12.5. The highest BCUT2D eigenvalue weighted by atomic mass is 79.9. The molecule has 1 fully saturated rings. The number of anilines is 1. The minimum atomic E-state index is -3.80. The predicted octanol–water partition coefficient (Wildman–Crippen LogP) is 3.32. The van der Waals surface area contributed by atoms with Crippen molar-refractivity contribution >= 4 is 37.5 Å². The Balaban J connectivity index is 1.79. The molecular weight excluding hydrogens is 474 g/mol. The van der Waals surface area contributed by atoms with Crippen molar-refractivity contribution in [2.75, 3.05) is 31.6 Å². The van der Waals surface area contributed by atoms with E-state index in [0.29, 0.717) is 23.4 Å². The fraction of sp³-hybridized carbons (Fsp3) is 0.278. The van der Waals surface area contributed by atoms with Crippen molar-refractivity contribution in [3.63, 3.8) is 0 Å². The van der Waals surface area contributed by atoms with Gasteiger partial charge in [0.15, 0.2) is 0 Å². The van der Waals surface area contributed by atoms with Gasteiger partial charge in [-0.05, 0) is 58.4 Å². The molecular formula is C18H17BrF2N2O5S. The highest BCUT2D eigenvalue weighted by molar-refractivity contribution is 9.10. The number of nitrogens with zero attached hydrogens (tertiary/aromatic N) is 1. The molecule has 0 saturated carbocycles. The minimum Gasteiger partial charge on any atom is -0.435 e. The molecule has 1 amide bonds. The summed E-state index contributed by atoms with van der Waals surface area (Å²) in [6.07, 6.45) is 0. The molecule has 0 atom stereocenters. The lowest BCUT2D eigenvalue weighted by atomic mass is 10.2. The van der Waals surface area contributed by atoms with Crippen LogP contribution in [0.15, 0.2) is 51.8 Å². The molecule has 0 bridgehead atoms. The second kappa shape index (κ2) is 9.16. The number of ether oxygens (including phenoxy) is 2. The van der Waals surface area contributed by atoms with Crippen LogP contribution in [0.3, 0.4) is 0 Å². The number of nitrogens with one attached hydrogen (secondary N) is 1. The van der Waals surface area contributed by atoms with Gasteiger partial charge in [0.2, 0.25) is 10.0 Å². The number of alkyl halides is 2. The fourth-order valence-electron chi connectivity index (χ4n) is 2.69. The quantitative estimate of drug-likeness (QED) is 0.671. The standard InChI is InChI=1S/C18H17BrF2N2O5S/c19-15-6-1-12(11-16(15)29(25,26)23-7-9-27-10-8-23)17(24)22-13-2-4-14(5-3-13)28-18(20)21/h1-6,11,18H,7-10H2,(H,22,24). The molecule has 7 nitrogen and oxygen atoms in total. The third kappa shape index (κ3) is 5.30. The van der Waals surface area contributed by atoms with Crippen LogP contribution in [0.1, 0.15) is 10.4 Å². The smallest absolute Gasteiger partial charge is 0.387 e. The predicted molar refractivity (Wildman–Crippen MR) is 105 cm³/mol. The SMILES string of the molecule is O=C(Nc1ccc(OC(F)F)cc1)c1ccc(Br)c(S(=O)(=O)N2CCOCC2)c1. The van der Waals surface area contributed by atoms with Crippen molar-refractivity contribution in [2.24, 2.45) is 0 Å². The lowest BCUT2D eigenvalue weighted by Crippen LogP contribution is -2.40. The van der Waals surface area contributed by atoms with Crippen molar-refractivity contribution in [2.45, 2.75) is 11.5 Å². The highest BCUT2D eigenvalue weighted by Gasteiger charge is 2.29. The maximum absolute atomic E-state index is 12.9. The van der Waals surface area contributed by atoms with E-state index in [4.69, 9.17) is 4.74 Å². The van der Waals surface area contributed by atoms with Crippen LogP contribution in [0.5, 0.6) is 5.75 Å². The van der Waals surface area contributed by atoms with Gasteiger partial charge in [-0.1, -0.05) is 0 Å². The highest BCUT2D eigenvalue weighted by Crippen LogP contribution is 2.27. The first kappa shape index (κ1) is 21.6. The fourth-order valence-corrected chi connectivity index (χ4v) is 5.05. The zero-order chi connectivity index (χ0) is 21.0. The molecule has 0 spiro atoms. The molecule has 1 saturated heterocycles. The van der Waals surface area contributed by atoms with E-state index in [9.17, 15) is 22.0 Å². The van der Waals surface area contributed by atoms with Crippen LogP contribution in [0, 0.1) is 0 Å². The number of morpholine rings is 1. The Bertz CT molecular complexity index is 980. The van der Waals surface area contributed by atoms with E-state index in [2.05, 4.69) is 26.0 Å². The number of carbonyl (C=O) groups excluding carboxylic acids is 1. The van der Waals surface area contributed by atoms with Crippen LogP contribution < -0.4 is 10.1 Å². The summed E-state index contributed by atoms with van der Waals surface area (Å²) in [7, 11) is -3.80. The third-order valence-electron chi connectivity index (χ3n) is 4.12. The van der Waals surface area contributed by atoms with Gasteiger partial charge in [0, 0.05) is 28.8 Å². The third-order valence-corrected chi connectivity index (χ3v) is 7.01. The molecule has 3 rings (SSSR count). The summed E-state index contributed by atoms with van der Waals surface area (Å²) in [5.74, 6) is -0.584. The first-order chi connectivity index (χ1) is 13.8. The van der Waals surface area contributed by atoms with Crippen molar-refractivity contribution in [3.05, 3.63) is 52.5 Å². The summed E-state index contributed by atoms with van der Waals surface area (Å²) >= 11 is 3.23. The first-order valence-corrected chi connectivity index (χ1v) is 10.7. The number of amides is 1. The molecule has 0 aromatic heterocycles. The monoisotopic (exact) mass is 490 g/mol. The molecule has 0 aliphatic carbocycles. The number of halogens is 3. The molecule has 2 aromatic rings. The largest absolute Gasteiger partial charge is 0.435 e. The van der Waals surface area contributed by atoms with E-state index in [0.717, 1.165) is 0 Å². The van der Waals surface area contributed by atoms with Crippen LogP contribution in [-0.4, -0.2) is 51.5 Å². The molecule has 0 radical (unpaired) electrons. The Kier molecular flexibility index (Phi) is 6.83. The van der Waals surface area contributed by atoms with Crippen molar-refractivity contribution in [1.29, 1.82) is 0 Å². The Hall–Kier alpha value is -2.08. The summed E-state index contributed by atoms with van der Waals surface area (Å²) in [6, 6.07) is 9.64. The van der Waals surface area contributed by atoms with E-state index < -0.39 is 22.5 Å². The van der Waals surface area contributed by atoms with E-state index in [1.807, 2.05) is 0 Å². The Morgan fingerprint density at radius 1 is 1.14 bits per heavy atom. The van der Waals surface area contributed by atoms with Gasteiger partial charge in [0.1, 0.15) is 5.75 Å². The van der Waals surface area contributed by atoms with E-state index in [1.165, 1.54) is 46.8 Å². The van der Waals surface area contributed by atoms with E-state index in [1.54, 1.807) is 0 Å². The zero-order valence-electron chi connectivity index (χ0n) is 15.0. The van der Waals surface area contributed by atoms with Crippen LogP contribution in [0.25, 0.3) is 0 Å². The topological polar surface area (TPSA) is 84.9 Å². The van der Waals surface area contributed by atoms with Crippen molar-refractivity contribution < 1.29 is 31.5 Å². The number of carbonyl (C=O) groups is 1. The molecule has 29 heavy (non-hydrogen) atoms. The maximum atomic E-state index is 12.9. The normalized spacial score (nSPS) is 15.3. The second-order valence-electron chi connectivity index (χ2n) is 6.02. The van der Waals surface area contributed by atoms with Crippen LogP contribution in [0.4, 0.5) is 14.5 Å². The van der Waals surface area contributed by atoms with Crippen molar-refractivity contribution in [1.82, 2.24) is 4.31 Å². The van der Waals surface area contributed by atoms with Crippen LogP contribution in [-0.2, 0) is 14.8 Å². The number of hydrogen-bond donors (Lipinski definition) is 1. The summed E-state index contributed by atoms with van der Waals surface area (Å²) in [5, 5.41) is 2.59. The lowest BCUT2D eigenvalue weighted by Gasteiger charge is -2.26. The van der Waals surface area contributed by atoms with Gasteiger partial charge in [0.05, 0.1) is 18.1 Å². The molecule has 1 aliphatic rings. The van der Waals surface area contributed by atoms with Gasteiger partial charge < -0.3 is 14.8 Å². The Morgan fingerprint density at radius 3 is 2.41 bits per heavy atom. The number of benzene rings is 2. The Labute approximate surface area is 174 Å². The minimum absolute atomic E-state index is 0.0206. The number of hydrogen-bond acceptors (Lipinski definition) is 5. The summed E-state index contributed by atoms with van der Waals surface area (Å²) in [6.45, 7) is -1.86. The van der Waals surface area contributed by atoms with Gasteiger partial charge in [-0.15, -0.1) is 0 Å². The van der Waals surface area contributed by atoms with Crippen LogP contribution in [0.2, 0.25) is 0 Å². The number of sulfonamides is 1. The van der Waals surface area contributed by atoms with Crippen LogP contribution >= 0.6 is 15.9 Å². The van der Waals surface area contributed by atoms with E-state index >= 15 is 0 Å². The zero-order valence-corrected chi connectivity index (χ0v) is 17.4. The average molecular weight is 491 g/mol. The van der Waals surface area contributed by atoms with Gasteiger partial charge in [-0.3, -0.25) is 4.79 Å².